The fraction of sp³-hybridized carbons (Fsp3) is 0.417. The summed E-state index contributed by atoms with van der Waals surface area (Å²) in [4.78, 5) is 11.0. The van der Waals surface area contributed by atoms with Gasteiger partial charge in [0.15, 0.2) is 0 Å². The number of hydrogen-bond acceptors (Lipinski definition) is 2. The van der Waals surface area contributed by atoms with E-state index in [0.29, 0.717) is 6.07 Å². The molecule has 6 heteroatoms. The van der Waals surface area contributed by atoms with Crippen LogP contribution in [-0.2, 0) is 15.7 Å². The van der Waals surface area contributed by atoms with Gasteiger partial charge >= 0.3 is 12.1 Å². The smallest absolute Gasteiger partial charge is 0.416 e. The van der Waals surface area contributed by atoms with Gasteiger partial charge in [0, 0.05) is 0 Å². The van der Waals surface area contributed by atoms with E-state index in [2.05, 4.69) is 4.74 Å². The Labute approximate surface area is 102 Å². The SMILES string of the molecule is COC(=O)CC(C)c1cc(F)cc(C(F)(F)F)c1. The van der Waals surface area contributed by atoms with Gasteiger partial charge in [-0.2, -0.15) is 13.2 Å². The van der Waals surface area contributed by atoms with Gasteiger partial charge in [0.2, 0.25) is 0 Å². The van der Waals surface area contributed by atoms with Crippen molar-refractivity contribution in [3.63, 3.8) is 0 Å². The molecule has 0 heterocycles. The molecule has 100 valence electrons. The fourth-order valence-electron chi connectivity index (χ4n) is 1.51. The first-order chi connectivity index (χ1) is 8.24. The standard InChI is InChI=1S/C12H12F4O2/c1-7(3-11(17)18-2)8-4-9(12(14,15)16)6-10(13)5-8/h4-7H,3H2,1-2H3. The van der Waals surface area contributed by atoms with Crippen molar-refractivity contribution in [3.05, 3.63) is 35.1 Å². The van der Waals surface area contributed by atoms with E-state index in [1.165, 1.54) is 14.0 Å². The average molecular weight is 264 g/mol. The van der Waals surface area contributed by atoms with E-state index >= 15 is 0 Å². The number of methoxy groups -OCH3 is 1. The summed E-state index contributed by atoms with van der Waals surface area (Å²) in [5.74, 6) is -2.08. The molecule has 1 aromatic carbocycles. The predicted molar refractivity (Wildman–Crippen MR) is 56.5 cm³/mol. The molecule has 1 rings (SSSR count). The van der Waals surface area contributed by atoms with Crippen LogP contribution in [0.1, 0.15) is 30.4 Å². The van der Waals surface area contributed by atoms with Gasteiger partial charge < -0.3 is 4.74 Å². The summed E-state index contributed by atoms with van der Waals surface area (Å²) in [5, 5.41) is 0. The van der Waals surface area contributed by atoms with Crippen LogP contribution in [0.15, 0.2) is 18.2 Å². The third-order valence-electron chi connectivity index (χ3n) is 2.52. The maximum Gasteiger partial charge on any atom is 0.416 e. The molecule has 18 heavy (non-hydrogen) atoms. The Morgan fingerprint density at radius 3 is 2.44 bits per heavy atom. The van der Waals surface area contributed by atoms with Crippen molar-refractivity contribution in [3.8, 4) is 0 Å². The van der Waals surface area contributed by atoms with Crippen LogP contribution in [0.4, 0.5) is 17.6 Å². The van der Waals surface area contributed by atoms with Gasteiger partial charge in [0.05, 0.1) is 19.1 Å². The first-order valence-corrected chi connectivity index (χ1v) is 5.18. The average Bonchev–Trinajstić information content (AvgIpc) is 2.26. The molecular formula is C12H12F4O2. The maximum atomic E-state index is 13.1. The fourth-order valence-corrected chi connectivity index (χ4v) is 1.51. The summed E-state index contributed by atoms with van der Waals surface area (Å²) < 4.78 is 55.0. The second-order valence-corrected chi connectivity index (χ2v) is 3.95. The van der Waals surface area contributed by atoms with E-state index in [0.717, 1.165) is 12.1 Å². The molecule has 1 aromatic rings. The summed E-state index contributed by atoms with van der Waals surface area (Å²) in [6.45, 7) is 1.53. The molecule has 0 aliphatic carbocycles. The number of benzene rings is 1. The minimum atomic E-state index is -4.61. The quantitative estimate of drug-likeness (QED) is 0.617. The van der Waals surface area contributed by atoms with E-state index in [1.807, 2.05) is 0 Å². The third-order valence-corrected chi connectivity index (χ3v) is 2.52. The molecule has 2 nitrogen and oxygen atoms in total. The molecule has 0 N–H and O–H groups in total. The van der Waals surface area contributed by atoms with Crippen LogP contribution in [0.2, 0.25) is 0 Å². The van der Waals surface area contributed by atoms with Crippen LogP contribution >= 0.6 is 0 Å². The van der Waals surface area contributed by atoms with E-state index in [4.69, 9.17) is 0 Å². The number of halogens is 4. The van der Waals surface area contributed by atoms with Crippen molar-refractivity contribution in [2.45, 2.75) is 25.4 Å². The van der Waals surface area contributed by atoms with Crippen LogP contribution < -0.4 is 0 Å². The summed E-state index contributed by atoms with van der Waals surface area (Å²) in [5.41, 5.74) is -0.943. The normalized spacial score (nSPS) is 13.2. The van der Waals surface area contributed by atoms with Crippen molar-refractivity contribution in [1.82, 2.24) is 0 Å². The van der Waals surface area contributed by atoms with Gasteiger partial charge in [-0.05, 0) is 29.7 Å². The van der Waals surface area contributed by atoms with Gasteiger partial charge in [-0.25, -0.2) is 4.39 Å². The molecule has 0 fully saturated rings. The van der Waals surface area contributed by atoms with E-state index in [-0.39, 0.29) is 12.0 Å². The lowest BCUT2D eigenvalue weighted by molar-refractivity contribution is -0.141. The Hall–Kier alpha value is -1.59. The Morgan fingerprint density at radius 1 is 1.33 bits per heavy atom. The molecule has 0 saturated heterocycles. The van der Waals surface area contributed by atoms with Crippen LogP contribution in [0.25, 0.3) is 0 Å². The highest BCUT2D eigenvalue weighted by molar-refractivity contribution is 5.70. The molecule has 0 amide bonds. The number of alkyl halides is 3. The van der Waals surface area contributed by atoms with E-state index in [9.17, 15) is 22.4 Å². The molecule has 0 bridgehead atoms. The molecule has 1 unspecified atom stereocenters. The summed E-state index contributed by atoms with van der Waals surface area (Å²) in [7, 11) is 1.18. The van der Waals surface area contributed by atoms with Crippen molar-refractivity contribution >= 4 is 5.97 Å². The van der Waals surface area contributed by atoms with E-state index in [1.54, 1.807) is 0 Å². The molecule has 0 spiro atoms. The van der Waals surface area contributed by atoms with Crippen molar-refractivity contribution in [1.29, 1.82) is 0 Å². The summed E-state index contributed by atoms with van der Waals surface area (Å²) >= 11 is 0. The topological polar surface area (TPSA) is 26.3 Å². The highest BCUT2D eigenvalue weighted by Gasteiger charge is 2.31. The lowest BCUT2D eigenvalue weighted by Crippen LogP contribution is -2.10. The molecule has 0 aliphatic heterocycles. The minimum Gasteiger partial charge on any atom is -0.469 e. The van der Waals surface area contributed by atoms with Crippen LogP contribution in [0.3, 0.4) is 0 Å². The number of carbonyl (C=O) groups is 1. The van der Waals surface area contributed by atoms with E-state index < -0.39 is 29.4 Å². The van der Waals surface area contributed by atoms with Gasteiger partial charge in [-0.1, -0.05) is 6.92 Å². The van der Waals surface area contributed by atoms with Gasteiger partial charge in [-0.3, -0.25) is 4.79 Å². The highest BCUT2D eigenvalue weighted by Crippen LogP contribution is 2.32. The van der Waals surface area contributed by atoms with Gasteiger partial charge in [0.1, 0.15) is 5.82 Å². The zero-order chi connectivity index (χ0) is 13.9. The highest BCUT2D eigenvalue weighted by atomic mass is 19.4. The lowest BCUT2D eigenvalue weighted by atomic mass is 9.96. The first-order valence-electron chi connectivity index (χ1n) is 5.18. The monoisotopic (exact) mass is 264 g/mol. The lowest BCUT2D eigenvalue weighted by Gasteiger charge is -2.14. The maximum absolute atomic E-state index is 13.1. The van der Waals surface area contributed by atoms with Crippen LogP contribution in [0.5, 0.6) is 0 Å². The third kappa shape index (κ3) is 3.72. The van der Waals surface area contributed by atoms with Crippen molar-refractivity contribution in [2.75, 3.05) is 7.11 Å². The Kier molecular flexibility index (Phi) is 4.32. The zero-order valence-corrected chi connectivity index (χ0v) is 9.84. The second kappa shape index (κ2) is 5.37. The van der Waals surface area contributed by atoms with Crippen LogP contribution in [0, 0.1) is 5.82 Å². The molecule has 0 radical (unpaired) electrons. The van der Waals surface area contributed by atoms with Gasteiger partial charge in [-0.15, -0.1) is 0 Å². The summed E-state index contributed by atoms with van der Waals surface area (Å²) in [6.07, 6.45) is -4.71. The van der Waals surface area contributed by atoms with Crippen molar-refractivity contribution < 1.29 is 27.1 Å². The zero-order valence-electron chi connectivity index (χ0n) is 9.84. The second-order valence-electron chi connectivity index (χ2n) is 3.95. The van der Waals surface area contributed by atoms with Crippen molar-refractivity contribution in [2.24, 2.45) is 0 Å². The first kappa shape index (κ1) is 14.5. The molecule has 0 saturated carbocycles. The molecule has 0 aliphatic rings. The molecule has 1 atom stereocenters. The Morgan fingerprint density at radius 2 is 1.94 bits per heavy atom. The predicted octanol–water partition coefficient (Wildman–Crippen LogP) is 3.51. The number of esters is 1. The minimum absolute atomic E-state index is 0.0999. The van der Waals surface area contributed by atoms with Gasteiger partial charge in [0.25, 0.3) is 0 Å². The Bertz CT molecular complexity index is 440. The Balaban J connectivity index is 3.03. The number of hydrogen-bond donors (Lipinski definition) is 0. The van der Waals surface area contributed by atoms with Crippen LogP contribution in [-0.4, -0.2) is 13.1 Å². The number of rotatable bonds is 3. The summed E-state index contributed by atoms with van der Waals surface area (Å²) in [6, 6.07) is 2.26. The molecule has 0 aromatic heterocycles. The molecular weight excluding hydrogens is 252 g/mol. The number of ether oxygens (including phenoxy) is 1. The number of carbonyl (C=O) groups excluding carboxylic acids is 1. The largest absolute Gasteiger partial charge is 0.469 e.